The molecule has 0 amide bonds. The van der Waals surface area contributed by atoms with Crippen LogP contribution in [0.15, 0.2) is 48.5 Å². The maximum atomic E-state index is 9.65. The molecule has 4 nitrogen and oxygen atoms in total. The van der Waals surface area contributed by atoms with Crippen molar-refractivity contribution in [1.29, 1.82) is 0 Å². The third kappa shape index (κ3) is 6.50. The van der Waals surface area contributed by atoms with Crippen molar-refractivity contribution in [2.24, 2.45) is 0 Å². The van der Waals surface area contributed by atoms with Crippen LogP contribution in [-0.2, 0) is 9.47 Å². The lowest BCUT2D eigenvalue weighted by Crippen LogP contribution is -1.99. The Kier molecular flexibility index (Phi) is 8.46. The Bertz CT molecular complexity index is 592. The van der Waals surface area contributed by atoms with Gasteiger partial charge in [-0.2, -0.15) is 0 Å². The molecule has 1 unspecified atom stereocenters. The van der Waals surface area contributed by atoms with Crippen molar-refractivity contribution in [1.82, 2.24) is 0 Å². The fourth-order valence-corrected chi connectivity index (χ4v) is 2.61. The fraction of sp³-hybridized carbons (Fsp3) is 0.429. The van der Waals surface area contributed by atoms with Gasteiger partial charge in [0.05, 0.1) is 6.61 Å². The molecule has 0 aromatic heterocycles. The fourth-order valence-electron chi connectivity index (χ4n) is 2.61. The van der Waals surface area contributed by atoms with Crippen LogP contribution in [0.1, 0.15) is 37.5 Å². The standard InChI is InChI=1S/C21H28O4/c1-23-15-5-3-4-6-16-25-20-13-11-18(12-14-20)17-7-9-19(10-8-17)21(22)24-2/h7-14,21-22H,3-6,15-16H2,1-2H3. The second kappa shape index (κ2) is 10.9. The van der Waals surface area contributed by atoms with Gasteiger partial charge < -0.3 is 19.3 Å². The summed E-state index contributed by atoms with van der Waals surface area (Å²) in [4.78, 5) is 0. The van der Waals surface area contributed by atoms with Gasteiger partial charge in [-0.05, 0) is 42.5 Å². The Morgan fingerprint density at radius 1 is 0.760 bits per heavy atom. The lowest BCUT2D eigenvalue weighted by Gasteiger charge is -2.10. The van der Waals surface area contributed by atoms with E-state index in [4.69, 9.17) is 14.2 Å². The molecule has 136 valence electrons. The topological polar surface area (TPSA) is 47.9 Å². The highest BCUT2D eigenvalue weighted by Gasteiger charge is 2.05. The number of unbranched alkanes of at least 4 members (excludes halogenated alkanes) is 3. The molecule has 2 rings (SSSR count). The molecule has 1 N–H and O–H groups in total. The van der Waals surface area contributed by atoms with Gasteiger partial charge >= 0.3 is 0 Å². The normalized spacial score (nSPS) is 12.1. The zero-order chi connectivity index (χ0) is 17.9. The van der Waals surface area contributed by atoms with Gasteiger partial charge in [-0.25, -0.2) is 0 Å². The summed E-state index contributed by atoms with van der Waals surface area (Å²) in [5.41, 5.74) is 2.96. The zero-order valence-corrected chi connectivity index (χ0v) is 15.1. The predicted molar refractivity (Wildman–Crippen MR) is 99.7 cm³/mol. The highest BCUT2D eigenvalue weighted by molar-refractivity contribution is 5.64. The maximum absolute atomic E-state index is 9.65. The summed E-state index contributed by atoms with van der Waals surface area (Å²) < 4.78 is 15.7. The van der Waals surface area contributed by atoms with Gasteiger partial charge in [-0.3, -0.25) is 0 Å². The van der Waals surface area contributed by atoms with Crippen LogP contribution in [0, 0.1) is 0 Å². The number of benzene rings is 2. The van der Waals surface area contributed by atoms with Gasteiger partial charge in [0.15, 0.2) is 6.29 Å². The SMILES string of the molecule is COCCCCCCOc1ccc(-c2ccc(C(O)OC)cc2)cc1. The highest BCUT2D eigenvalue weighted by Crippen LogP contribution is 2.24. The van der Waals surface area contributed by atoms with Crippen molar-refractivity contribution in [2.45, 2.75) is 32.0 Å². The Hall–Kier alpha value is -1.88. The van der Waals surface area contributed by atoms with Crippen molar-refractivity contribution in [3.8, 4) is 16.9 Å². The summed E-state index contributed by atoms with van der Waals surface area (Å²) in [5.74, 6) is 0.895. The number of aliphatic hydroxyl groups excluding tert-OH is 1. The molecule has 0 fully saturated rings. The quantitative estimate of drug-likeness (QED) is 0.479. The van der Waals surface area contributed by atoms with Crippen LogP contribution in [0.2, 0.25) is 0 Å². The molecule has 0 aliphatic heterocycles. The third-order valence-electron chi connectivity index (χ3n) is 4.12. The second-order valence-corrected chi connectivity index (χ2v) is 5.99. The summed E-state index contributed by atoms with van der Waals surface area (Å²) in [6, 6.07) is 15.8. The lowest BCUT2D eigenvalue weighted by molar-refractivity contribution is -0.0769. The monoisotopic (exact) mass is 344 g/mol. The summed E-state index contributed by atoms with van der Waals surface area (Å²) in [5, 5.41) is 9.65. The van der Waals surface area contributed by atoms with E-state index in [0.29, 0.717) is 0 Å². The van der Waals surface area contributed by atoms with Crippen molar-refractivity contribution in [3.05, 3.63) is 54.1 Å². The van der Waals surface area contributed by atoms with Gasteiger partial charge in [0.1, 0.15) is 5.75 Å². The molecule has 25 heavy (non-hydrogen) atoms. The molecule has 0 saturated heterocycles. The average molecular weight is 344 g/mol. The highest BCUT2D eigenvalue weighted by atomic mass is 16.6. The molecular weight excluding hydrogens is 316 g/mol. The molecule has 0 spiro atoms. The van der Waals surface area contributed by atoms with Crippen LogP contribution in [0.4, 0.5) is 0 Å². The van der Waals surface area contributed by atoms with E-state index < -0.39 is 6.29 Å². The molecule has 0 aliphatic rings. The van der Waals surface area contributed by atoms with Crippen LogP contribution in [-0.4, -0.2) is 32.5 Å². The summed E-state index contributed by atoms with van der Waals surface area (Å²) >= 11 is 0. The molecule has 0 aliphatic carbocycles. The van der Waals surface area contributed by atoms with E-state index >= 15 is 0 Å². The first-order chi connectivity index (χ1) is 12.2. The van der Waals surface area contributed by atoms with Crippen molar-refractivity contribution in [3.63, 3.8) is 0 Å². The van der Waals surface area contributed by atoms with Gasteiger partial charge in [0, 0.05) is 26.4 Å². The maximum Gasteiger partial charge on any atom is 0.180 e. The number of hydrogen-bond acceptors (Lipinski definition) is 4. The van der Waals surface area contributed by atoms with Crippen LogP contribution in [0.3, 0.4) is 0 Å². The molecule has 2 aromatic carbocycles. The van der Waals surface area contributed by atoms with Crippen LogP contribution in [0.5, 0.6) is 5.75 Å². The van der Waals surface area contributed by atoms with E-state index in [-0.39, 0.29) is 0 Å². The minimum absolute atomic E-state index is 0.746. The molecular formula is C21H28O4. The number of aliphatic hydroxyl groups is 1. The van der Waals surface area contributed by atoms with Gasteiger partial charge in [-0.1, -0.05) is 42.8 Å². The van der Waals surface area contributed by atoms with Crippen LogP contribution >= 0.6 is 0 Å². The smallest absolute Gasteiger partial charge is 0.180 e. The largest absolute Gasteiger partial charge is 0.494 e. The van der Waals surface area contributed by atoms with Crippen LogP contribution in [0.25, 0.3) is 11.1 Å². The van der Waals surface area contributed by atoms with Gasteiger partial charge in [0.25, 0.3) is 0 Å². The van der Waals surface area contributed by atoms with E-state index in [9.17, 15) is 5.11 Å². The molecule has 0 heterocycles. The van der Waals surface area contributed by atoms with Crippen molar-refractivity contribution >= 4 is 0 Å². The Balaban J connectivity index is 1.79. The molecule has 1 atom stereocenters. The first-order valence-electron chi connectivity index (χ1n) is 8.77. The van der Waals surface area contributed by atoms with Gasteiger partial charge in [0.2, 0.25) is 0 Å². The van der Waals surface area contributed by atoms with E-state index in [1.54, 1.807) is 7.11 Å². The van der Waals surface area contributed by atoms with Crippen molar-refractivity contribution < 1.29 is 19.3 Å². The number of hydrogen-bond donors (Lipinski definition) is 1. The van der Waals surface area contributed by atoms with Crippen LogP contribution < -0.4 is 4.74 Å². The van der Waals surface area contributed by atoms with E-state index in [1.165, 1.54) is 20.0 Å². The number of methoxy groups -OCH3 is 2. The molecule has 4 heteroatoms. The summed E-state index contributed by atoms with van der Waals surface area (Å²) in [6.45, 7) is 1.59. The second-order valence-electron chi connectivity index (χ2n) is 5.99. The van der Waals surface area contributed by atoms with E-state index in [1.807, 2.05) is 36.4 Å². The minimum Gasteiger partial charge on any atom is -0.494 e. The summed E-state index contributed by atoms with van der Waals surface area (Å²) in [6.07, 6.45) is 3.66. The first kappa shape index (κ1) is 19.4. The van der Waals surface area contributed by atoms with Crippen molar-refractivity contribution in [2.75, 3.05) is 27.4 Å². The Labute approximate surface area is 150 Å². The number of rotatable bonds is 11. The molecule has 2 aromatic rings. The number of ether oxygens (including phenoxy) is 3. The average Bonchev–Trinajstić information content (AvgIpc) is 2.67. The van der Waals surface area contributed by atoms with E-state index in [0.717, 1.165) is 48.5 Å². The zero-order valence-electron chi connectivity index (χ0n) is 15.1. The van der Waals surface area contributed by atoms with Gasteiger partial charge in [-0.15, -0.1) is 0 Å². The molecule has 0 radical (unpaired) electrons. The Morgan fingerprint density at radius 2 is 1.32 bits per heavy atom. The lowest BCUT2D eigenvalue weighted by atomic mass is 10.0. The predicted octanol–water partition coefficient (Wildman–Crippen LogP) is 4.58. The molecule has 0 saturated carbocycles. The Morgan fingerprint density at radius 3 is 1.88 bits per heavy atom. The minimum atomic E-state index is -0.876. The third-order valence-corrected chi connectivity index (χ3v) is 4.12. The first-order valence-corrected chi connectivity index (χ1v) is 8.77. The van der Waals surface area contributed by atoms with E-state index in [2.05, 4.69) is 12.1 Å². The summed E-state index contributed by atoms with van der Waals surface area (Å²) in [7, 11) is 3.22. The molecule has 0 bridgehead atoms.